The number of fused-ring (bicyclic) bond motifs is 1. The third-order valence-electron chi connectivity index (χ3n) is 3.30. The molecule has 0 radical (unpaired) electrons. The Kier molecular flexibility index (Phi) is 6.21. The topological polar surface area (TPSA) is 54.4 Å². The summed E-state index contributed by atoms with van der Waals surface area (Å²) >= 11 is 1.56. The van der Waals surface area contributed by atoms with E-state index in [2.05, 4.69) is 10.3 Å². The van der Waals surface area contributed by atoms with Crippen LogP contribution in [-0.4, -0.2) is 23.2 Å². The van der Waals surface area contributed by atoms with Crippen LogP contribution >= 0.6 is 23.7 Å². The maximum atomic E-state index is 10.2. The fourth-order valence-corrected chi connectivity index (χ4v) is 3.12. The molecule has 3 rings (SSSR count). The van der Waals surface area contributed by atoms with Crippen LogP contribution in [0.5, 0.6) is 5.75 Å². The molecular weight excluding hydrogens is 332 g/mol. The highest BCUT2D eigenvalue weighted by atomic mass is 35.5. The molecule has 6 heteroatoms. The number of halogens is 1. The van der Waals surface area contributed by atoms with Gasteiger partial charge in [-0.25, -0.2) is 4.98 Å². The number of hydrogen-bond donors (Lipinski definition) is 2. The molecule has 3 aromatic rings. The smallest absolute Gasteiger partial charge is 0.183 e. The molecule has 2 N–H and O–H groups in total. The summed E-state index contributed by atoms with van der Waals surface area (Å²) in [4.78, 5) is 4.52. The van der Waals surface area contributed by atoms with Crippen molar-refractivity contribution in [2.75, 3.05) is 18.5 Å². The van der Waals surface area contributed by atoms with Gasteiger partial charge in [0.25, 0.3) is 0 Å². The van der Waals surface area contributed by atoms with Crippen LogP contribution in [0, 0.1) is 0 Å². The largest absolute Gasteiger partial charge is 0.494 e. The van der Waals surface area contributed by atoms with Crippen LogP contribution in [0.4, 0.5) is 5.13 Å². The summed E-state index contributed by atoms with van der Waals surface area (Å²) < 4.78 is 6.57. The van der Waals surface area contributed by atoms with E-state index in [9.17, 15) is 5.11 Å². The fraction of sp³-hybridized carbons (Fsp3) is 0.235. The fourth-order valence-electron chi connectivity index (χ4n) is 2.21. The minimum Gasteiger partial charge on any atom is -0.494 e. The Balaban J connectivity index is 0.00000192. The average molecular weight is 351 g/mol. The Morgan fingerprint density at radius 1 is 1.22 bits per heavy atom. The summed E-state index contributed by atoms with van der Waals surface area (Å²) in [7, 11) is 0. The number of benzene rings is 2. The number of nitrogens with zero attached hydrogens (tertiary/aromatic N) is 1. The summed E-state index contributed by atoms with van der Waals surface area (Å²) in [5, 5.41) is 14.2. The van der Waals surface area contributed by atoms with Gasteiger partial charge in [-0.15, -0.1) is 12.4 Å². The molecule has 0 aliphatic rings. The molecule has 4 nitrogen and oxygen atoms in total. The molecule has 0 aliphatic heterocycles. The lowest BCUT2D eigenvalue weighted by atomic mass is 10.1. The van der Waals surface area contributed by atoms with Gasteiger partial charge in [0.2, 0.25) is 0 Å². The van der Waals surface area contributed by atoms with Gasteiger partial charge < -0.3 is 15.2 Å². The Hall–Kier alpha value is -1.82. The number of aliphatic hydroxyl groups is 1. The maximum Gasteiger partial charge on any atom is 0.183 e. The molecule has 0 saturated carbocycles. The molecule has 0 fully saturated rings. The van der Waals surface area contributed by atoms with E-state index in [0.717, 1.165) is 26.7 Å². The molecule has 1 atom stereocenters. The summed E-state index contributed by atoms with van der Waals surface area (Å²) in [6, 6.07) is 15.5. The van der Waals surface area contributed by atoms with Gasteiger partial charge in [0.1, 0.15) is 5.75 Å². The number of nitrogens with one attached hydrogen (secondary N) is 1. The molecule has 0 bridgehead atoms. The number of aliphatic hydroxyl groups excluding tert-OH is 1. The lowest BCUT2D eigenvalue weighted by Gasteiger charge is -2.10. The van der Waals surface area contributed by atoms with Gasteiger partial charge in [-0.3, -0.25) is 0 Å². The van der Waals surface area contributed by atoms with Gasteiger partial charge >= 0.3 is 0 Å². The normalized spacial score (nSPS) is 11.7. The van der Waals surface area contributed by atoms with Crippen LogP contribution in [0.3, 0.4) is 0 Å². The molecule has 122 valence electrons. The van der Waals surface area contributed by atoms with Crippen molar-refractivity contribution >= 4 is 39.1 Å². The third-order valence-corrected chi connectivity index (χ3v) is 4.28. The average Bonchev–Trinajstić information content (AvgIpc) is 2.96. The predicted molar refractivity (Wildman–Crippen MR) is 97.9 cm³/mol. The number of aromatic nitrogens is 1. The summed E-state index contributed by atoms with van der Waals surface area (Å²) in [6.07, 6.45) is -0.549. The lowest BCUT2D eigenvalue weighted by molar-refractivity contribution is 0.191. The van der Waals surface area contributed by atoms with E-state index < -0.39 is 6.10 Å². The molecule has 1 heterocycles. The van der Waals surface area contributed by atoms with Crippen LogP contribution in [-0.2, 0) is 0 Å². The van der Waals surface area contributed by atoms with Crippen molar-refractivity contribution in [2.24, 2.45) is 0 Å². The van der Waals surface area contributed by atoms with Crippen LogP contribution in [0.2, 0.25) is 0 Å². The molecule has 2 aromatic carbocycles. The Morgan fingerprint density at radius 2 is 2.00 bits per heavy atom. The van der Waals surface area contributed by atoms with Gasteiger partial charge in [-0.05, 0) is 30.7 Å². The Labute approximate surface area is 145 Å². The van der Waals surface area contributed by atoms with Gasteiger partial charge in [0.05, 0.1) is 22.9 Å². The summed E-state index contributed by atoms with van der Waals surface area (Å²) in [5.74, 6) is 0.856. The van der Waals surface area contributed by atoms with E-state index >= 15 is 0 Å². The SMILES string of the molecule is CCOc1ccc2nc(NCC(O)c3ccccc3)sc2c1.Cl. The molecule has 0 aliphatic carbocycles. The molecule has 1 unspecified atom stereocenters. The van der Waals surface area contributed by atoms with Gasteiger partial charge in [0.15, 0.2) is 5.13 Å². The minimum atomic E-state index is -0.549. The quantitative estimate of drug-likeness (QED) is 0.697. The summed E-state index contributed by atoms with van der Waals surface area (Å²) in [5.41, 5.74) is 1.83. The van der Waals surface area contributed by atoms with Crippen LogP contribution in [0.15, 0.2) is 48.5 Å². The Morgan fingerprint density at radius 3 is 2.74 bits per heavy atom. The second-order valence-electron chi connectivity index (χ2n) is 4.89. The third kappa shape index (κ3) is 4.34. The van der Waals surface area contributed by atoms with Gasteiger partial charge in [-0.1, -0.05) is 41.7 Å². The van der Waals surface area contributed by atoms with Crippen molar-refractivity contribution in [1.29, 1.82) is 0 Å². The van der Waals surface area contributed by atoms with Crippen molar-refractivity contribution in [1.82, 2.24) is 4.98 Å². The van der Waals surface area contributed by atoms with E-state index in [-0.39, 0.29) is 12.4 Å². The highest BCUT2D eigenvalue weighted by Crippen LogP contribution is 2.29. The zero-order valence-electron chi connectivity index (χ0n) is 12.7. The number of thiazole rings is 1. The van der Waals surface area contributed by atoms with Crippen LogP contribution < -0.4 is 10.1 Å². The minimum absolute atomic E-state index is 0. The van der Waals surface area contributed by atoms with Crippen molar-refractivity contribution in [3.63, 3.8) is 0 Å². The zero-order chi connectivity index (χ0) is 15.4. The molecular formula is C17H19ClN2O2S. The molecule has 0 saturated heterocycles. The standard InChI is InChI=1S/C17H18N2O2S.ClH/c1-2-21-13-8-9-14-16(10-13)22-17(19-14)18-11-15(20)12-6-4-3-5-7-12;/h3-10,15,20H,2,11H2,1H3,(H,18,19);1H. The number of rotatable bonds is 6. The van der Waals surface area contributed by atoms with Crippen molar-refractivity contribution in [3.05, 3.63) is 54.1 Å². The van der Waals surface area contributed by atoms with Crippen LogP contribution in [0.25, 0.3) is 10.2 Å². The predicted octanol–water partition coefficient (Wildman–Crippen LogP) is 4.26. The highest BCUT2D eigenvalue weighted by molar-refractivity contribution is 7.22. The number of hydrogen-bond acceptors (Lipinski definition) is 5. The lowest BCUT2D eigenvalue weighted by Crippen LogP contribution is -2.11. The van der Waals surface area contributed by atoms with E-state index in [4.69, 9.17) is 4.74 Å². The highest BCUT2D eigenvalue weighted by Gasteiger charge is 2.09. The molecule has 1 aromatic heterocycles. The number of ether oxygens (including phenoxy) is 1. The first-order valence-corrected chi connectivity index (χ1v) is 8.08. The monoisotopic (exact) mass is 350 g/mol. The van der Waals surface area contributed by atoms with Crippen LogP contribution in [0.1, 0.15) is 18.6 Å². The molecule has 0 spiro atoms. The second-order valence-corrected chi connectivity index (χ2v) is 5.92. The second kappa shape index (κ2) is 8.15. The van der Waals surface area contributed by atoms with E-state index in [0.29, 0.717) is 13.2 Å². The van der Waals surface area contributed by atoms with E-state index in [1.54, 1.807) is 11.3 Å². The van der Waals surface area contributed by atoms with E-state index in [1.807, 2.05) is 55.5 Å². The zero-order valence-corrected chi connectivity index (χ0v) is 14.4. The molecule has 0 amide bonds. The Bertz CT molecular complexity index is 749. The summed E-state index contributed by atoms with van der Waals surface area (Å²) in [6.45, 7) is 3.05. The van der Waals surface area contributed by atoms with Crippen molar-refractivity contribution in [2.45, 2.75) is 13.0 Å². The first-order valence-electron chi connectivity index (χ1n) is 7.26. The molecule has 23 heavy (non-hydrogen) atoms. The maximum absolute atomic E-state index is 10.2. The van der Waals surface area contributed by atoms with Gasteiger partial charge in [-0.2, -0.15) is 0 Å². The first-order chi connectivity index (χ1) is 10.8. The first kappa shape index (κ1) is 17.5. The number of anilines is 1. The van der Waals surface area contributed by atoms with Crippen molar-refractivity contribution in [3.8, 4) is 5.75 Å². The van der Waals surface area contributed by atoms with Gasteiger partial charge in [0, 0.05) is 6.54 Å². The van der Waals surface area contributed by atoms with E-state index in [1.165, 1.54) is 0 Å². The van der Waals surface area contributed by atoms with Crippen molar-refractivity contribution < 1.29 is 9.84 Å².